The summed E-state index contributed by atoms with van der Waals surface area (Å²) in [6, 6.07) is 11.3. The Hall–Kier alpha value is -3.55. The highest BCUT2D eigenvalue weighted by molar-refractivity contribution is 6.17. The Labute approximate surface area is 168 Å². The summed E-state index contributed by atoms with van der Waals surface area (Å²) >= 11 is 0. The van der Waals surface area contributed by atoms with Crippen LogP contribution in [0, 0.1) is 5.41 Å². The van der Waals surface area contributed by atoms with Gasteiger partial charge in [-0.05, 0) is 49.2 Å². The van der Waals surface area contributed by atoms with Crippen LogP contribution in [0.2, 0.25) is 0 Å². The second-order valence-electron chi connectivity index (χ2n) is 6.63. The first kappa shape index (κ1) is 20.2. The molecule has 2 aromatic rings. The van der Waals surface area contributed by atoms with Gasteiger partial charge in [-0.2, -0.15) is 0 Å². The molecule has 0 aliphatic heterocycles. The lowest BCUT2D eigenvalue weighted by molar-refractivity contribution is -0.131. The van der Waals surface area contributed by atoms with Crippen molar-refractivity contribution in [2.45, 2.75) is 12.8 Å². The van der Waals surface area contributed by atoms with Crippen LogP contribution in [0.5, 0.6) is 11.5 Å². The van der Waals surface area contributed by atoms with Gasteiger partial charge in [0, 0.05) is 17.4 Å². The third-order valence-electron chi connectivity index (χ3n) is 4.82. The van der Waals surface area contributed by atoms with Crippen molar-refractivity contribution in [2.24, 2.45) is 5.41 Å². The Bertz CT molecular complexity index is 935. The summed E-state index contributed by atoms with van der Waals surface area (Å²) in [5.41, 5.74) is 0.258. The zero-order valence-corrected chi connectivity index (χ0v) is 16.4. The third kappa shape index (κ3) is 4.16. The van der Waals surface area contributed by atoms with Gasteiger partial charge in [0.15, 0.2) is 11.5 Å². The first-order valence-electron chi connectivity index (χ1n) is 8.97. The van der Waals surface area contributed by atoms with E-state index in [0.717, 1.165) is 0 Å². The summed E-state index contributed by atoms with van der Waals surface area (Å²) in [4.78, 5) is 37.0. The molecule has 2 N–H and O–H groups in total. The number of hydrogen-bond acceptors (Lipinski definition) is 6. The van der Waals surface area contributed by atoms with Gasteiger partial charge in [-0.25, -0.2) is 4.79 Å². The highest BCUT2D eigenvalue weighted by Gasteiger charge is 2.56. The average Bonchev–Trinajstić information content (AvgIpc) is 3.56. The summed E-state index contributed by atoms with van der Waals surface area (Å²) in [5.74, 6) is -0.212. The van der Waals surface area contributed by atoms with Gasteiger partial charge >= 0.3 is 5.97 Å². The molecule has 8 nitrogen and oxygen atoms in total. The molecule has 1 aliphatic rings. The molecule has 8 heteroatoms. The molecule has 0 bridgehead atoms. The van der Waals surface area contributed by atoms with Gasteiger partial charge in [-0.3, -0.25) is 9.59 Å². The maximum absolute atomic E-state index is 12.8. The Morgan fingerprint density at radius 1 is 0.793 bits per heavy atom. The lowest BCUT2D eigenvalue weighted by Crippen LogP contribution is -2.35. The highest BCUT2D eigenvalue weighted by atomic mass is 16.5. The fourth-order valence-electron chi connectivity index (χ4n) is 2.91. The summed E-state index contributed by atoms with van der Waals surface area (Å²) in [5, 5.41) is 5.51. The van der Waals surface area contributed by atoms with Crippen molar-refractivity contribution in [1.82, 2.24) is 0 Å². The average molecular weight is 398 g/mol. The number of nitrogens with one attached hydrogen (secondary N) is 2. The SMILES string of the molecule is COC(=O)c1ccc(NC(=O)C2(C(=O)Nc3ccc(OC)c(OC)c3)CC2)cc1. The van der Waals surface area contributed by atoms with E-state index in [0.29, 0.717) is 41.3 Å². The molecule has 3 rings (SSSR count). The topological polar surface area (TPSA) is 103 Å². The number of anilines is 2. The number of methoxy groups -OCH3 is 3. The van der Waals surface area contributed by atoms with Crippen LogP contribution in [0.15, 0.2) is 42.5 Å². The van der Waals surface area contributed by atoms with Crippen LogP contribution in [-0.2, 0) is 14.3 Å². The summed E-state index contributed by atoms with van der Waals surface area (Å²) < 4.78 is 15.1. The van der Waals surface area contributed by atoms with Gasteiger partial charge in [0.25, 0.3) is 0 Å². The lowest BCUT2D eigenvalue weighted by atomic mass is 10.0. The minimum atomic E-state index is -1.12. The maximum Gasteiger partial charge on any atom is 0.337 e. The fourth-order valence-corrected chi connectivity index (χ4v) is 2.91. The molecule has 29 heavy (non-hydrogen) atoms. The van der Waals surface area contributed by atoms with Gasteiger partial charge in [-0.15, -0.1) is 0 Å². The quantitative estimate of drug-likeness (QED) is 0.549. The molecule has 152 valence electrons. The van der Waals surface area contributed by atoms with Crippen molar-refractivity contribution >= 4 is 29.2 Å². The van der Waals surface area contributed by atoms with Crippen molar-refractivity contribution in [3.05, 3.63) is 48.0 Å². The molecule has 2 aromatic carbocycles. The minimum absolute atomic E-state index is 0.373. The van der Waals surface area contributed by atoms with E-state index in [9.17, 15) is 14.4 Å². The largest absolute Gasteiger partial charge is 0.493 e. The van der Waals surface area contributed by atoms with Crippen molar-refractivity contribution < 1.29 is 28.6 Å². The standard InChI is InChI=1S/C21H22N2O6/c1-27-16-9-8-15(12-17(16)28-2)23-20(26)21(10-11-21)19(25)22-14-6-4-13(5-7-14)18(24)29-3/h4-9,12H,10-11H2,1-3H3,(H,22,25)(H,23,26). The molecule has 0 spiro atoms. The van der Waals surface area contributed by atoms with E-state index in [1.54, 1.807) is 42.5 Å². The van der Waals surface area contributed by atoms with Crippen LogP contribution in [-0.4, -0.2) is 39.1 Å². The first-order valence-corrected chi connectivity index (χ1v) is 8.97. The van der Waals surface area contributed by atoms with Crippen molar-refractivity contribution in [1.29, 1.82) is 0 Å². The van der Waals surface area contributed by atoms with Crippen molar-refractivity contribution in [3.8, 4) is 11.5 Å². The van der Waals surface area contributed by atoms with E-state index in [4.69, 9.17) is 9.47 Å². The predicted molar refractivity (Wildman–Crippen MR) is 106 cm³/mol. The number of benzene rings is 2. The zero-order valence-electron chi connectivity index (χ0n) is 16.4. The highest BCUT2D eigenvalue weighted by Crippen LogP contribution is 2.47. The van der Waals surface area contributed by atoms with Crippen LogP contribution in [0.3, 0.4) is 0 Å². The number of carbonyl (C=O) groups is 3. The Kier molecular flexibility index (Phi) is 5.72. The zero-order chi connectivity index (χ0) is 21.0. The van der Waals surface area contributed by atoms with Gasteiger partial charge in [0.2, 0.25) is 11.8 Å². The second kappa shape index (κ2) is 8.22. The number of amides is 2. The van der Waals surface area contributed by atoms with Crippen LogP contribution < -0.4 is 20.1 Å². The van der Waals surface area contributed by atoms with Crippen LogP contribution in [0.25, 0.3) is 0 Å². The number of esters is 1. The van der Waals surface area contributed by atoms with E-state index in [1.807, 2.05) is 0 Å². The van der Waals surface area contributed by atoms with Crippen LogP contribution in [0.4, 0.5) is 11.4 Å². The van der Waals surface area contributed by atoms with E-state index < -0.39 is 11.4 Å². The minimum Gasteiger partial charge on any atom is -0.493 e. The van der Waals surface area contributed by atoms with Gasteiger partial charge < -0.3 is 24.8 Å². The molecular weight excluding hydrogens is 376 g/mol. The number of rotatable bonds is 7. The van der Waals surface area contributed by atoms with Crippen molar-refractivity contribution in [2.75, 3.05) is 32.0 Å². The monoisotopic (exact) mass is 398 g/mol. The van der Waals surface area contributed by atoms with Crippen molar-refractivity contribution in [3.63, 3.8) is 0 Å². The molecule has 0 aromatic heterocycles. The molecule has 0 saturated heterocycles. The predicted octanol–water partition coefficient (Wildman–Crippen LogP) is 2.85. The van der Waals surface area contributed by atoms with E-state index in [-0.39, 0.29) is 11.8 Å². The summed E-state index contributed by atoms with van der Waals surface area (Å²) in [7, 11) is 4.33. The molecule has 2 amide bonds. The van der Waals surface area contributed by atoms with E-state index in [2.05, 4.69) is 15.4 Å². The molecule has 0 heterocycles. The van der Waals surface area contributed by atoms with Crippen LogP contribution in [0.1, 0.15) is 23.2 Å². The van der Waals surface area contributed by atoms with Crippen LogP contribution >= 0.6 is 0 Å². The molecule has 1 saturated carbocycles. The third-order valence-corrected chi connectivity index (χ3v) is 4.82. The second-order valence-corrected chi connectivity index (χ2v) is 6.63. The van der Waals surface area contributed by atoms with Gasteiger partial charge in [0.05, 0.1) is 26.9 Å². The molecule has 1 aliphatic carbocycles. The number of hydrogen-bond donors (Lipinski definition) is 2. The summed E-state index contributed by atoms with van der Waals surface area (Å²) in [6.45, 7) is 0. The Balaban J connectivity index is 1.68. The fraction of sp³-hybridized carbons (Fsp3) is 0.286. The summed E-state index contributed by atoms with van der Waals surface area (Å²) in [6.07, 6.45) is 0.913. The molecule has 0 radical (unpaired) electrons. The molecule has 1 fully saturated rings. The van der Waals surface area contributed by atoms with E-state index >= 15 is 0 Å². The Morgan fingerprint density at radius 3 is 1.86 bits per heavy atom. The number of carbonyl (C=O) groups excluding carboxylic acids is 3. The molecule has 0 unspecified atom stereocenters. The normalized spacial score (nSPS) is 13.8. The maximum atomic E-state index is 12.8. The Morgan fingerprint density at radius 2 is 1.34 bits per heavy atom. The first-order chi connectivity index (χ1) is 13.9. The molecule has 0 atom stereocenters. The molecular formula is C21H22N2O6. The smallest absolute Gasteiger partial charge is 0.337 e. The van der Waals surface area contributed by atoms with Gasteiger partial charge in [0.1, 0.15) is 5.41 Å². The van der Waals surface area contributed by atoms with E-state index in [1.165, 1.54) is 21.3 Å². The number of ether oxygens (including phenoxy) is 3. The van der Waals surface area contributed by atoms with Gasteiger partial charge in [-0.1, -0.05) is 0 Å². The lowest BCUT2D eigenvalue weighted by Gasteiger charge is -2.16.